The van der Waals surface area contributed by atoms with E-state index in [-0.39, 0.29) is 6.42 Å². The van der Waals surface area contributed by atoms with Crippen LogP contribution >= 0.6 is 11.6 Å². The molecule has 0 radical (unpaired) electrons. The number of amides is 2. The van der Waals surface area contributed by atoms with Gasteiger partial charge in [-0.3, -0.25) is 9.59 Å². The van der Waals surface area contributed by atoms with Gasteiger partial charge in [0.05, 0.1) is 17.6 Å². The van der Waals surface area contributed by atoms with E-state index in [9.17, 15) is 14.4 Å². The number of rotatable bonds is 1. The second kappa shape index (κ2) is 8.35. The van der Waals surface area contributed by atoms with E-state index in [0.717, 1.165) is 21.7 Å². The van der Waals surface area contributed by atoms with Gasteiger partial charge in [-0.15, -0.1) is 0 Å². The minimum Gasteiger partial charge on any atom is -0.460 e. The van der Waals surface area contributed by atoms with Crippen LogP contribution < -0.4 is 10.2 Å². The van der Waals surface area contributed by atoms with Crippen molar-refractivity contribution in [3.05, 3.63) is 64.7 Å². The molecule has 2 aliphatic heterocycles. The van der Waals surface area contributed by atoms with Crippen LogP contribution in [0, 0.1) is 5.92 Å². The van der Waals surface area contributed by atoms with E-state index in [4.69, 9.17) is 21.1 Å². The van der Waals surface area contributed by atoms with Gasteiger partial charge in [-0.25, -0.2) is 9.69 Å². The van der Waals surface area contributed by atoms with Gasteiger partial charge >= 0.3 is 12.1 Å². The predicted octanol–water partition coefficient (Wildman–Crippen LogP) is 6.10. The number of fused-ring (bicyclic) bond motifs is 6. The number of halogens is 1. The van der Waals surface area contributed by atoms with E-state index < -0.39 is 46.5 Å². The molecule has 3 aliphatic rings. The highest BCUT2D eigenvalue weighted by molar-refractivity contribution is 6.31. The van der Waals surface area contributed by atoms with E-state index in [1.807, 2.05) is 30.3 Å². The third kappa shape index (κ3) is 4.00. The minimum atomic E-state index is -1.48. The fourth-order valence-electron chi connectivity index (χ4n) is 5.67. The third-order valence-electron chi connectivity index (χ3n) is 6.90. The molecule has 0 fully saturated rings. The maximum Gasteiger partial charge on any atom is 0.421 e. The zero-order valence-corrected chi connectivity index (χ0v) is 22.6. The number of benzene rings is 2. The molecule has 37 heavy (non-hydrogen) atoms. The third-order valence-corrected chi connectivity index (χ3v) is 7.13. The summed E-state index contributed by atoms with van der Waals surface area (Å²) in [5, 5.41) is 3.89. The van der Waals surface area contributed by atoms with Crippen LogP contribution in [0.4, 0.5) is 16.2 Å². The molecule has 7 nitrogen and oxygen atoms in total. The average molecular weight is 523 g/mol. The number of allylic oxidation sites excluding steroid dienone is 1. The fraction of sp³-hybridized carbons (Fsp3) is 0.414. The lowest BCUT2D eigenvalue weighted by Crippen LogP contribution is -2.60. The zero-order chi connectivity index (χ0) is 26.9. The molecule has 194 valence electrons. The summed E-state index contributed by atoms with van der Waals surface area (Å²) in [4.78, 5) is 43.0. The number of nitrogens with one attached hydrogen (secondary N) is 1. The summed E-state index contributed by atoms with van der Waals surface area (Å²) in [5.74, 6) is -1.95. The van der Waals surface area contributed by atoms with Crippen LogP contribution in [0.2, 0.25) is 5.02 Å². The number of nitrogens with zero attached hydrogens (tertiary/aromatic N) is 1. The lowest BCUT2D eigenvalue weighted by atomic mass is 9.60. The summed E-state index contributed by atoms with van der Waals surface area (Å²) in [5.41, 5.74) is 0.501. The largest absolute Gasteiger partial charge is 0.460 e. The highest BCUT2D eigenvalue weighted by Crippen LogP contribution is 2.58. The Morgan fingerprint density at radius 1 is 1.03 bits per heavy atom. The Morgan fingerprint density at radius 3 is 2.38 bits per heavy atom. The molecule has 0 bridgehead atoms. The molecule has 3 unspecified atom stereocenters. The Morgan fingerprint density at radius 2 is 1.70 bits per heavy atom. The number of esters is 1. The van der Waals surface area contributed by atoms with Crippen molar-refractivity contribution in [2.24, 2.45) is 5.92 Å². The second-order valence-corrected chi connectivity index (χ2v) is 12.2. The first-order chi connectivity index (χ1) is 17.2. The van der Waals surface area contributed by atoms with Crippen molar-refractivity contribution >= 4 is 46.5 Å². The average Bonchev–Trinajstić information content (AvgIpc) is 3.26. The summed E-state index contributed by atoms with van der Waals surface area (Å²) < 4.78 is 11.5. The van der Waals surface area contributed by atoms with Crippen LogP contribution in [0.5, 0.6) is 0 Å². The second-order valence-electron chi connectivity index (χ2n) is 11.8. The summed E-state index contributed by atoms with van der Waals surface area (Å²) in [6, 6.07) is 12.1. The van der Waals surface area contributed by atoms with Crippen LogP contribution in [0.1, 0.15) is 59.1 Å². The zero-order valence-electron chi connectivity index (χ0n) is 21.8. The van der Waals surface area contributed by atoms with Crippen molar-refractivity contribution in [1.82, 2.24) is 0 Å². The molecule has 0 saturated carbocycles. The van der Waals surface area contributed by atoms with E-state index in [1.54, 1.807) is 59.7 Å². The number of carbonyl (C=O) groups excluding carboxylic acids is 3. The van der Waals surface area contributed by atoms with Gasteiger partial charge in [-0.05, 0) is 83.4 Å². The number of ether oxygens (including phenoxy) is 2. The normalized spacial score (nSPS) is 24.1. The summed E-state index contributed by atoms with van der Waals surface area (Å²) in [6.45, 7) is 10.6. The highest BCUT2D eigenvalue weighted by Gasteiger charge is 2.67. The predicted molar refractivity (Wildman–Crippen MR) is 143 cm³/mol. The molecule has 2 aromatic rings. The smallest absolute Gasteiger partial charge is 0.421 e. The Hall–Kier alpha value is -3.32. The number of imide groups is 1. The van der Waals surface area contributed by atoms with E-state index >= 15 is 0 Å². The van der Waals surface area contributed by atoms with Crippen LogP contribution in [0.15, 0.2) is 48.5 Å². The molecule has 2 heterocycles. The molecule has 1 N–H and O–H groups in total. The Balaban J connectivity index is 1.75. The van der Waals surface area contributed by atoms with Crippen molar-refractivity contribution in [2.75, 3.05) is 10.2 Å². The SMILES string of the molecule is CC(C)(C)OC(=O)C1CC=C2c3ccccc3NC2C12C(=O)N(C(=O)OC(C)(C)C)c1ccc(Cl)cc12. The lowest BCUT2D eigenvalue weighted by Gasteiger charge is -2.43. The topological polar surface area (TPSA) is 84.9 Å². The van der Waals surface area contributed by atoms with Gasteiger partial charge < -0.3 is 14.8 Å². The summed E-state index contributed by atoms with van der Waals surface area (Å²) >= 11 is 6.48. The molecule has 2 aromatic carbocycles. The molecule has 1 aliphatic carbocycles. The Bertz CT molecular complexity index is 1350. The van der Waals surface area contributed by atoms with Gasteiger partial charge in [0, 0.05) is 16.3 Å². The van der Waals surface area contributed by atoms with Gasteiger partial charge in [0.2, 0.25) is 0 Å². The fourth-order valence-corrected chi connectivity index (χ4v) is 5.84. The Labute approximate surface area is 221 Å². The van der Waals surface area contributed by atoms with Crippen LogP contribution in [-0.2, 0) is 24.5 Å². The molecular weight excluding hydrogens is 492 g/mol. The molecule has 3 atom stereocenters. The molecule has 5 rings (SSSR count). The number of carbonyl (C=O) groups is 3. The van der Waals surface area contributed by atoms with Crippen LogP contribution in [0.3, 0.4) is 0 Å². The molecule has 8 heteroatoms. The first-order valence-electron chi connectivity index (χ1n) is 12.4. The molecule has 0 aromatic heterocycles. The van der Waals surface area contributed by atoms with Crippen molar-refractivity contribution in [3.63, 3.8) is 0 Å². The number of para-hydroxylation sites is 1. The first-order valence-corrected chi connectivity index (χ1v) is 12.8. The van der Waals surface area contributed by atoms with E-state index in [2.05, 4.69) is 5.32 Å². The number of hydrogen-bond donors (Lipinski definition) is 1. The molecule has 0 saturated heterocycles. The maximum atomic E-state index is 14.7. The first kappa shape index (κ1) is 25.3. The molecule has 1 spiro atoms. The van der Waals surface area contributed by atoms with Crippen molar-refractivity contribution in [3.8, 4) is 0 Å². The monoisotopic (exact) mass is 522 g/mol. The lowest BCUT2D eigenvalue weighted by molar-refractivity contribution is -0.164. The Kier molecular flexibility index (Phi) is 5.72. The van der Waals surface area contributed by atoms with Gasteiger partial charge in [0.15, 0.2) is 0 Å². The van der Waals surface area contributed by atoms with Gasteiger partial charge in [-0.2, -0.15) is 0 Å². The van der Waals surface area contributed by atoms with Crippen molar-refractivity contribution in [2.45, 2.75) is 70.6 Å². The quantitative estimate of drug-likeness (QED) is 0.455. The number of hydrogen-bond acceptors (Lipinski definition) is 6. The van der Waals surface area contributed by atoms with Crippen LogP contribution in [-0.4, -0.2) is 35.2 Å². The van der Waals surface area contributed by atoms with Crippen LogP contribution in [0.25, 0.3) is 5.57 Å². The maximum absolute atomic E-state index is 14.7. The molecular formula is C29H31ClN2O5. The van der Waals surface area contributed by atoms with E-state index in [0.29, 0.717) is 16.3 Å². The number of anilines is 2. The van der Waals surface area contributed by atoms with Gasteiger partial charge in [0.25, 0.3) is 5.91 Å². The van der Waals surface area contributed by atoms with Crippen molar-refractivity contribution < 1.29 is 23.9 Å². The van der Waals surface area contributed by atoms with Gasteiger partial charge in [-0.1, -0.05) is 35.9 Å². The summed E-state index contributed by atoms with van der Waals surface area (Å²) in [6.07, 6.45) is 1.46. The van der Waals surface area contributed by atoms with E-state index in [1.165, 1.54) is 0 Å². The van der Waals surface area contributed by atoms with Crippen molar-refractivity contribution in [1.29, 1.82) is 0 Å². The summed E-state index contributed by atoms with van der Waals surface area (Å²) in [7, 11) is 0. The van der Waals surface area contributed by atoms with Gasteiger partial charge in [0.1, 0.15) is 16.6 Å². The molecule has 2 amide bonds. The minimum absolute atomic E-state index is 0.261. The standard InChI is InChI=1S/C29H31ClN2O5/c1-27(2,3)36-24(33)19-13-12-18-17-9-7-8-10-21(17)31-23(18)29(19)20-15-16(30)11-14-22(20)32(25(29)34)26(35)37-28(4,5)6/h7-12,14-15,19,23,31H,13H2,1-6H3. The highest BCUT2D eigenvalue weighted by atomic mass is 35.5.